The Bertz CT molecular complexity index is 936. The SMILES string of the molecule is CN(C)C(=O)C1(Cc2cccc(-c3ccc(F)cc3)c2)CCN(C(=O)C2CCC2)C1. The van der Waals surface area contributed by atoms with Crippen LogP contribution in [0.3, 0.4) is 0 Å². The number of likely N-dealkylation sites (tertiary alicyclic amines) is 1. The van der Waals surface area contributed by atoms with E-state index in [-0.39, 0.29) is 23.5 Å². The summed E-state index contributed by atoms with van der Waals surface area (Å²) < 4.78 is 13.3. The molecule has 30 heavy (non-hydrogen) atoms. The number of nitrogens with zero attached hydrogens (tertiary/aromatic N) is 2. The second kappa shape index (κ2) is 8.21. The summed E-state index contributed by atoms with van der Waals surface area (Å²) in [5.41, 5.74) is 2.41. The summed E-state index contributed by atoms with van der Waals surface area (Å²) in [4.78, 5) is 29.6. The summed E-state index contributed by atoms with van der Waals surface area (Å²) in [5.74, 6) is 0.193. The molecule has 2 aromatic rings. The molecule has 1 saturated carbocycles. The van der Waals surface area contributed by atoms with E-state index in [4.69, 9.17) is 0 Å². The molecule has 1 saturated heterocycles. The summed E-state index contributed by atoms with van der Waals surface area (Å²) in [6.07, 6.45) is 4.35. The van der Waals surface area contributed by atoms with Gasteiger partial charge in [0.15, 0.2) is 0 Å². The first-order valence-electron chi connectivity index (χ1n) is 10.7. The molecular formula is C25H29FN2O2. The molecule has 1 aliphatic heterocycles. The summed E-state index contributed by atoms with van der Waals surface area (Å²) in [6, 6.07) is 14.5. The molecule has 4 rings (SSSR count). The van der Waals surface area contributed by atoms with Crippen molar-refractivity contribution in [1.82, 2.24) is 9.80 Å². The maximum atomic E-state index is 13.3. The minimum atomic E-state index is -0.593. The van der Waals surface area contributed by atoms with Gasteiger partial charge in [0.05, 0.1) is 5.41 Å². The van der Waals surface area contributed by atoms with Crippen LogP contribution < -0.4 is 0 Å². The highest BCUT2D eigenvalue weighted by Gasteiger charge is 2.47. The lowest BCUT2D eigenvalue weighted by Crippen LogP contribution is -2.46. The quantitative estimate of drug-likeness (QED) is 0.746. The van der Waals surface area contributed by atoms with Crippen LogP contribution in [0.15, 0.2) is 48.5 Å². The first-order valence-corrected chi connectivity index (χ1v) is 10.7. The Hall–Kier alpha value is -2.69. The van der Waals surface area contributed by atoms with Gasteiger partial charge < -0.3 is 9.80 Å². The van der Waals surface area contributed by atoms with Crippen LogP contribution in [-0.2, 0) is 16.0 Å². The molecular weight excluding hydrogens is 379 g/mol. The number of halogens is 1. The van der Waals surface area contributed by atoms with Crippen molar-refractivity contribution in [3.8, 4) is 11.1 Å². The van der Waals surface area contributed by atoms with Gasteiger partial charge in [0.25, 0.3) is 0 Å². The van der Waals surface area contributed by atoms with Gasteiger partial charge in [-0.25, -0.2) is 4.39 Å². The fourth-order valence-electron chi connectivity index (χ4n) is 4.74. The molecule has 4 nitrogen and oxygen atoms in total. The Morgan fingerprint density at radius 2 is 1.83 bits per heavy atom. The highest BCUT2D eigenvalue weighted by molar-refractivity contribution is 5.86. The van der Waals surface area contributed by atoms with Gasteiger partial charge in [-0.15, -0.1) is 0 Å². The van der Waals surface area contributed by atoms with Crippen molar-refractivity contribution in [1.29, 1.82) is 0 Å². The van der Waals surface area contributed by atoms with Crippen molar-refractivity contribution in [3.63, 3.8) is 0 Å². The van der Waals surface area contributed by atoms with Gasteiger partial charge in [-0.3, -0.25) is 9.59 Å². The number of benzene rings is 2. The normalized spacial score (nSPS) is 21.4. The van der Waals surface area contributed by atoms with Gasteiger partial charge >= 0.3 is 0 Å². The number of carbonyl (C=O) groups excluding carboxylic acids is 2. The van der Waals surface area contributed by atoms with E-state index in [9.17, 15) is 14.0 Å². The van der Waals surface area contributed by atoms with Crippen molar-refractivity contribution < 1.29 is 14.0 Å². The minimum absolute atomic E-state index is 0.0820. The molecule has 0 N–H and O–H groups in total. The second-order valence-corrected chi connectivity index (χ2v) is 9.00. The van der Waals surface area contributed by atoms with E-state index in [1.54, 1.807) is 31.1 Å². The van der Waals surface area contributed by atoms with E-state index in [2.05, 4.69) is 6.07 Å². The molecule has 2 fully saturated rings. The lowest BCUT2D eigenvalue weighted by atomic mass is 9.79. The highest BCUT2D eigenvalue weighted by Crippen LogP contribution is 2.39. The smallest absolute Gasteiger partial charge is 0.230 e. The molecule has 1 aliphatic carbocycles. The van der Waals surface area contributed by atoms with Crippen molar-refractivity contribution >= 4 is 11.8 Å². The highest BCUT2D eigenvalue weighted by atomic mass is 19.1. The molecule has 2 amide bonds. The average Bonchev–Trinajstić information content (AvgIpc) is 3.12. The number of hydrogen-bond donors (Lipinski definition) is 0. The van der Waals surface area contributed by atoms with Crippen LogP contribution in [0.1, 0.15) is 31.2 Å². The lowest BCUT2D eigenvalue weighted by molar-refractivity contribution is -0.141. The fraction of sp³-hybridized carbons (Fsp3) is 0.440. The molecule has 2 aromatic carbocycles. The van der Waals surface area contributed by atoms with Gasteiger partial charge in [0.1, 0.15) is 5.82 Å². The average molecular weight is 409 g/mol. The first kappa shape index (κ1) is 20.6. The van der Waals surface area contributed by atoms with Gasteiger partial charge in [-0.05, 0) is 54.5 Å². The Balaban J connectivity index is 1.58. The predicted molar refractivity (Wildman–Crippen MR) is 115 cm³/mol. The van der Waals surface area contributed by atoms with Crippen molar-refractivity contribution in [3.05, 3.63) is 59.9 Å². The number of hydrogen-bond acceptors (Lipinski definition) is 2. The van der Waals surface area contributed by atoms with E-state index < -0.39 is 5.41 Å². The predicted octanol–water partition coefficient (Wildman–Crippen LogP) is 4.14. The fourth-order valence-corrected chi connectivity index (χ4v) is 4.74. The van der Waals surface area contributed by atoms with Gasteiger partial charge in [0.2, 0.25) is 11.8 Å². The molecule has 0 bridgehead atoms. The molecule has 158 valence electrons. The molecule has 1 atom stereocenters. The van der Waals surface area contributed by atoms with E-state index >= 15 is 0 Å². The molecule has 1 heterocycles. The zero-order valence-electron chi connectivity index (χ0n) is 17.7. The van der Waals surface area contributed by atoms with Crippen LogP contribution in [0.25, 0.3) is 11.1 Å². The lowest BCUT2D eigenvalue weighted by Gasteiger charge is -2.33. The van der Waals surface area contributed by atoms with Gasteiger partial charge in [-0.2, -0.15) is 0 Å². The molecule has 0 spiro atoms. The monoisotopic (exact) mass is 408 g/mol. The summed E-state index contributed by atoms with van der Waals surface area (Å²) in [5, 5.41) is 0. The minimum Gasteiger partial charge on any atom is -0.348 e. The summed E-state index contributed by atoms with van der Waals surface area (Å²) >= 11 is 0. The van der Waals surface area contributed by atoms with Crippen LogP contribution in [0, 0.1) is 17.2 Å². The zero-order valence-corrected chi connectivity index (χ0v) is 17.7. The molecule has 1 unspecified atom stereocenters. The zero-order chi connectivity index (χ0) is 21.3. The van der Waals surface area contributed by atoms with Crippen molar-refractivity contribution in [2.24, 2.45) is 11.3 Å². The first-order chi connectivity index (χ1) is 14.4. The van der Waals surface area contributed by atoms with E-state index in [0.29, 0.717) is 25.9 Å². The van der Waals surface area contributed by atoms with Crippen LogP contribution >= 0.6 is 0 Å². The van der Waals surface area contributed by atoms with Crippen LogP contribution in [-0.4, -0.2) is 48.8 Å². The number of carbonyl (C=O) groups is 2. The van der Waals surface area contributed by atoms with Crippen LogP contribution in [0.2, 0.25) is 0 Å². The molecule has 5 heteroatoms. The summed E-state index contributed by atoms with van der Waals surface area (Å²) in [7, 11) is 3.57. The molecule has 0 radical (unpaired) electrons. The maximum absolute atomic E-state index is 13.3. The van der Waals surface area contributed by atoms with Gasteiger partial charge in [0, 0.05) is 33.1 Å². The second-order valence-electron chi connectivity index (χ2n) is 9.00. The molecule has 0 aromatic heterocycles. The van der Waals surface area contributed by atoms with Crippen molar-refractivity contribution in [2.45, 2.75) is 32.1 Å². The maximum Gasteiger partial charge on any atom is 0.230 e. The van der Waals surface area contributed by atoms with E-state index in [1.807, 2.05) is 23.1 Å². The number of rotatable bonds is 5. The Kier molecular flexibility index (Phi) is 5.63. The van der Waals surface area contributed by atoms with Crippen LogP contribution in [0.5, 0.6) is 0 Å². The third-order valence-corrected chi connectivity index (χ3v) is 6.63. The standard InChI is InChI=1S/C25H29FN2O2/c1-27(2)24(30)25(13-14-28(17-25)23(29)20-6-4-7-20)16-18-5-3-8-21(15-18)19-9-11-22(26)12-10-19/h3,5,8-12,15,20H,4,6-7,13-14,16-17H2,1-2H3. The Morgan fingerprint density at radius 1 is 1.10 bits per heavy atom. The Morgan fingerprint density at radius 3 is 2.47 bits per heavy atom. The largest absolute Gasteiger partial charge is 0.348 e. The third kappa shape index (κ3) is 3.98. The van der Waals surface area contributed by atoms with Gasteiger partial charge in [-0.1, -0.05) is 42.8 Å². The third-order valence-electron chi connectivity index (χ3n) is 6.63. The summed E-state index contributed by atoms with van der Waals surface area (Å²) in [6.45, 7) is 1.13. The number of amides is 2. The molecule has 2 aliphatic rings. The Labute approximate surface area is 177 Å². The van der Waals surface area contributed by atoms with Crippen LogP contribution in [0.4, 0.5) is 4.39 Å². The van der Waals surface area contributed by atoms with E-state index in [0.717, 1.165) is 36.0 Å². The van der Waals surface area contributed by atoms with Crippen molar-refractivity contribution in [2.75, 3.05) is 27.2 Å². The van der Waals surface area contributed by atoms with E-state index in [1.165, 1.54) is 12.1 Å². The topological polar surface area (TPSA) is 40.6 Å².